The van der Waals surface area contributed by atoms with Crippen molar-refractivity contribution in [2.45, 2.75) is 5.51 Å². The summed E-state index contributed by atoms with van der Waals surface area (Å²) in [4.78, 5) is 15.3. The van der Waals surface area contributed by atoms with Crippen LogP contribution in [0.25, 0.3) is 0 Å². The van der Waals surface area contributed by atoms with E-state index in [-0.39, 0.29) is 24.1 Å². The number of carbonyl (C=O) groups excluding carboxylic acids is 1. The third-order valence-corrected chi connectivity index (χ3v) is 2.81. The molecule has 1 heterocycles. The number of aromatic nitrogens is 1. The summed E-state index contributed by atoms with van der Waals surface area (Å²) >= 11 is 2.93. The molecule has 1 amide bonds. The average molecular weight is 329 g/mol. The summed E-state index contributed by atoms with van der Waals surface area (Å²) in [6.07, 6.45) is 1.43. The third-order valence-electron chi connectivity index (χ3n) is 1.64. The van der Waals surface area contributed by atoms with Gasteiger partial charge in [-0.15, -0.1) is 0 Å². The molecular formula is C9H8BrF3N2OS. The van der Waals surface area contributed by atoms with E-state index in [4.69, 9.17) is 0 Å². The predicted octanol–water partition coefficient (Wildman–Crippen LogP) is 2.83. The lowest BCUT2D eigenvalue weighted by atomic mass is 10.2. The molecule has 94 valence electrons. The van der Waals surface area contributed by atoms with Crippen molar-refractivity contribution in [3.63, 3.8) is 0 Å². The Labute approximate surface area is 108 Å². The van der Waals surface area contributed by atoms with Gasteiger partial charge >= 0.3 is 5.51 Å². The number of nitrogens with one attached hydrogen (secondary N) is 1. The van der Waals surface area contributed by atoms with Crippen LogP contribution >= 0.6 is 27.7 Å². The van der Waals surface area contributed by atoms with E-state index in [1.807, 2.05) is 0 Å². The van der Waals surface area contributed by atoms with Crippen molar-refractivity contribution in [1.82, 2.24) is 10.3 Å². The first-order valence-corrected chi connectivity index (χ1v) is 6.27. The summed E-state index contributed by atoms with van der Waals surface area (Å²) < 4.78 is 35.9. The number of thioether (sulfide) groups is 1. The molecule has 0 atom stereocenters. The van der Waals surface area contributed by atoms with Gasteiger partial charge in [0.15, 0.2) is 0 Å². The maximum absolute atomic E-state index is 11.8. The minimum Gasteiger partial charge on any atom is -0.351 e. The highest BCUT2D eigenvalue weighted by Crippen LogP contribution is 2.29. The summed E-state index contributed by atoms with van der Waals surface area (Å²) in [6.45, 7) is -0.0387. The molecule has 0 radical (unpaired) electrons. The molecule has 0 saturated heterocycles. The zero-order valence-electron chi connectivity index (χ0n) is 8.42. The Kier molecular flexibility index (Phi) is 5.26. The Hall–Kier alpha value is -0.760. The van der Waals surface area contributed by atoms with Crippen molar-refractivity contribution in [3.05, 3.63) is 28.5 Å². The van der Waals surface area contributed by atoms with Gasteiger partial charge in [-0.25, -0.2) is 4.98 Å². The van der Waals surface area contributed by atoms with Gasteiger partial charge in [0.1, 0.15) is 4.60 Å². The van der Waals surface area contributed by atoms with Crippen LogP contribution in [0.15, 0.2) is 22.9 Å². The Morgan fingerprint density at radius 2 is 2.24 bits per heavy atom. The van der Waals surface area contributed by atoms with Crippen molar-refractivity contribution < 1.29 is 18.0 Å². The highest BCUT2D eigenvalue weighted by molar-refractivity contribution is 9.10. The number of hydrogen-bond acceptors (Lipinski definition) is 3. The second kappa shape index (κ2) is 6.25. The summed E-state index contributed by atoms with van der Waals surface area (Å²) in [7, 11) is 0. The van der Waals surface area contributed by atoms with Gasteiger partial charge in [-0.1, -0.05) is 0 Å². The topological polar surface area (TPSA) is 42.0 Å². The van der Waals surface area contributed by atoms with Gasteiger partial charge in [-0.2, -0.15) is 13.2 Å². The van der Waals surface area contributed by atoms with Crippen LogP contribution < -0.4 is 5.32 Å². The largest absolute Gasteiger partial charge is 0.441 e. The van der Waals surface area contributed by atoms with Gasteiger partial charge in [0, 0.05) is 24.1 Å². The average Bonchev–Trinajstić information content (AvgIpc) is 2.23. The second-order valence-corrected chi connectivity index (χ2v) is 4.89. The Bertz CT molecular complexity index is 400. The first-order chi connectivity index (χ1) is 7.88. The highest BCUT2D eigenvalue weighted by atomic mass is 79.9. The molecular weight excluding hydrogens is 321 g/mol. The summed E-state index contributed by atoms with van der Waals surface area (Å²) in [5, 5.41) is 2.39. The van der Waals surface area contributed by atoms with Crippen LogP contribution in [0.4, 0.5) is 13.2 Å². The second-order valence-electron chi connectivity index (χ2n) is 2.92. The van der Waals surface area contributed by atoms with Crippen LogP contribution in [0.3, 0.4) is 0 Å². The van der Waals surface area contributed by atoms with E-state index in [2.05, 4.69) is 26.2 Å². The summed E-state index contributed by atoms with van der Waals surface area (Å²) in [6, 6.07) is 2.98. The Morgan fingerprint density at radius 1 is 1.53 bits per heavy atom. The maximum atomic E-state index is 11.8. The molecule has 0 spiro atoms. The zero-order valence-corrected chi connectivity index (χ0v) is 10.8. The van der Waals surface area contributed by atoms with Crippen LogP contribution in [0, 0.1) is 0 Å². The number of amides is 1. The van der Waals surface area contributed by atoms with Crippen LogP contribution in [0.2, 0.25) is 0 Å². The van der Waals surface area contributed by atoms with Crippen LogP contribution in [0.5, 0.6) is 0 Å². The minimum absolute atomic E-state index is 0.0387. The number of hydrogen-bond donors (Lipinski definition) is 1. The molecule has 0 fully saturated rings. The standard InChI is InChI=1S/C9H8BrF3N2OS/c10-7-5-6(1-2-14-7)8(16)15-3-4-17-9(11,12)13/h1-2,5H,3-4H2,(H,15,16). The van der Waals surface area contributed by atoms with E-state index in [1.165, 1.54) is 18.3 Å². The number of rotatable bonds is 4. The predicted molar refractivity (Wildman–Crippen MR) is 62.8 cm³/mol. The fourth-order valence-electron chi connectivity index (χ4n) is 0.977. The van der Waals surface area contributed by atoms with E-state index in [0.29, 0.717) is 10.2 Å². The number of alkyl halides is 3. The van der Waals surface area contributed by atoms with Crippen LogP contribution in [-0.2, 0) is 0 Å². The molecule has 0 aliphatic heterocycles. The molecule has 0 aromatic carbocycles. The van der Waals surface area contributed by atoms with Crippen molar-refractivity contribution in [2.75, 3.05) is 12.3 Å². The smallest absolute Gasteiger partial charge is 0.351 e. The first-order valence-electron chi connectivity index (χ1n) is 4.49. The van der Waals surface area contributed by atoms with E-state index < -0.39 is 11.4 Å². The van der Waals surface area contributed by atoms with Gasteiger partial charge in [0.25, 0.3) is 5.91 Å². The molecule has 1 rings (SSSR count). The van der Waals surface area contributed by atoms with Gasteiger partial charge in [0.2, 0.25) is 0 Å². The molecule has 0 bridgehead atoms. The number of carbonyl (C=O) groups is 1. The fourth-order valence-corrected chi connectivity index (χ4v) is 1.78. The molecule has 1 aromatic rings. The highest BCUT2D eigenvalue weighted by Gasteiger charge is 2.27. The quantitative estimate of drug-likeness (QED) is 0.682. The van der Waals surface area contributed by atoms with Gasteiger partial charge in [-0.05, 0) is 39.8 Å². The summed E-state index contributed by atoms with van der Waals surface area (Å²) in [5.41, 5.74) is -3.91. The lowest BCUT2D eigenvalue weighted by molar-refractivity contribution is -0.0327. The normalized spacial score (nSPS) is 11.3. The number of pyridine rings is 1. The third kappa shape index (κ3) is 5.92. The molecule has 3 nitrogen and oxygen atoms in total. The van der Waals surface area contributed by atoms with Gasteiger partial charge in [0.05, 0.1) is 0 Å². The Morgan fingerprint density at radius 3 is 2.82 bits per heavy atom. The first kappa shape index (κ1) is 14.3. The van der Waals surface area contributed by atoms with Crippen LogP contribution in [0.1, 0.15) is 10.4 Å². The zero-order chi connectivity index (χ0) is 12.9. The maximum Gasteiger partial charge on any atom is 0.441 e. The fraction of sp³-hybridized carbons (Fsp3) is 0.333. The van der Waals surface area contributed by atoms with Crippen molar-refractivity contribution in [3.8, 4) is 0 Å². The SMILES string of the molecule is O=C(NCCSC(F)(F)F)c1ccnc(Br)c1. The molecule has 0 unspecified atom stereocenters. The van der Waals surface area contributed by atoms with Crippen molar-refractivity contribution >= 4 is 33.6 Å². The number of halogens is 4. The van der Waals surface area contributed by atoms with Crippen molar-refractivity contribution in [2.24, 2.45) is 0 Å². The van der Waals surface area contributed by atoms with E-state index >= 15 is 0 Å². The van der Waals surface area contributed by atoms with E-state index in [1.54, 1.807) is 0 Å². The minimum atomic E-state index is -4.26. The molecule has 1 aromatic heterocycles. The van der Waals surface area contributed by atoms with E-state index in [9.17, 15) is 18.0 Å². The Balaban J connectivity index is 2.36. The molecule has 1 N–H and O–H groups in total. The molecule has 0 saturated carbocycles. The van der Waals surface area contributed by atoms with Gasteiger partial charge in [-0.3, -0.25) is 4.79 Å². The monoisotopic (exact) mass is 328 g/mol. The lowest BCUT2D eigenvalue weighted by Crippen LogP contribution is -2.26. The molecule has 8 heteroatoms. The lowest BCUT2D eigenvalue weighted by Gasteiger charge is -2.07. The van der Waals surface area contributed by atoms with Crippen molar-refractivity contribution in [1.29, 1.82) is 0 Å². The van der Waals surface area contributed by atoms with Gasteiger partial charge < -0.3 is 5.32 Å². The van der Waals surface area contributed by atoms with Crippen LogP contribution in [-0.4, -0.2) is 28.7 Å². The number of nitrogens with zero attached hydrogens (tertiary/aromatic N) is 1. The van der Waals surface area contributed by atoms with E-state index in [0.717, 1.165) is 0 Å². The molecule has 0 aliphatic carbocycles. The molecule has 0 aliphatic rings. The molecule has 17 heavy (non-hydrogen) atoms. The summed E-state index contributed by atoms with van der Waals surface area (Å²) in [5.74, 6) is -0.627.